The zero-order valence-corrected chi connectivity index (χ0v) is 10.3. The molecular formula is C15H14O3. The number of rotatable bonds is 4. The van der Waals surface area contributed by atoms with Gasteiger partial charge in [-0.05, 0) is 55.0 Å². The Morgan fingerprint density at radius 1 is 1.00 bits per heavy atom. The Morgan fingerprint density at radius 2 is 1.67 bits per heavy atom. The van der Waals surface area contributed by atoms with E-state index < -0.39 is 0 Å². The molecule has 2 rings (SSSR count). The lowest BCUT2D eigenvalue weighted by atomic mass is 10.1. The molecule has 2 aromatic rings. The van der Waals surface area contributed by atoms with Crippen molar-refractivity contribution >= 4 is 6.29 Å². The second-order valence-corrected chi connectivity index (χ2v) is 3.92. The van der Waals surface area contributed by atoms with Crippen LogP contribution in [0.2, 0.25) is 0 Å². The van der Waals surface area contributed by atoms with Crippen molar-refractivity contribution in [1.29, 1.82) is 0 Å². The fourth-order valence-corrected chi connectivity index (χ4v) is 1.63. The van der Waals surface area contributed by atoms with E-state index in [0.29, 0.717) is 5.56 Å². The largest absolute Gasteiger partial charge is 0.497 e. The van der Waals surface area contributed by atoms with Gasteiger partial charge in [0, 0.05) is 5.56 Å². The van der Waals surface area contributed by atoms with Crippen LogP contribution < -0.4 is 9.47 Å². The second-order valence-electron chi connectivity index (χ2n) is 3.92. The van der Waals surface area contributed by atoms with Gasteiger partial charge in [-0.1, -0.05) is 0 Å². The van der Waals surface area contributed by atoms with Gasteiger partial charge in [0.25, 0.3) is 0 Å². The first-order valence-corrected chi connectivity index (χ1v) is 5.60. The quantitative estimate of drug-likeness (QED) is 0.768. The summed E-state index contributed by atoms with van der Waals surface area (Å²) in [7, 11) is 1.62. The number of hydrogen-bond donors (Lipinski definition) is 0. The maximum absolute atomic E-state index is 10.6. The zero-order chi connectivity index (χ0) is 13.0. The van der Waals surface area contributed by atoms with E-state index in [-0.39, 0.29) is 0 Å². The van der Waals surface area contributed by atoms with E-state index >= 15 is 0 Å². The van der Waals surface area contributed by atoms with Crippen LogP contribution in [0.5, 0.6) is 17.2 Å². The Hall–Kier alpha value is -2.29. The summed E-state index contributed by atoms with van der Waals surface area (Å²) in [6.45, 7) is 1.91. The monoisotopic (exact) mass is 242 g/mol. The summed E-state index contributed by atoms with van der Waals surface area (Å²) in [6, 6.07) is 12.7. The van der Waals surface area contributed by atoms with E-state index in [4.69, 9.17) is 9.47 Å². The lowest BCUT2D eigenvalue weighted by Gasteiger charge is -2.09. The van der Waals surface area contributed by atoms with E-state index in [2.05, 4.69) is 0 Å². The van der Waals surface area contributed by atoms with Crippen LogP contribution in [0.25, 0.3) is 0 Å². The van der Waals surface area contributed by atoms with Gasteiger partial charge in [0.05, 0.1) is 7.11 Å². The van der Waals surface area contributed by atoms with Crippen molar-refractivity contribution in [2.45, 2.75) is 6.92 Å². The van der Waals surface area contributed by atoms with Crippen molar-refractivity contribution in [2.24, 2.45) is 0 Å². The van der Waals surface area contributed by atoms with Gasteiger partial charge in [0.15, 0.2) is 0 Å². The average molecular weight is 242 g/mol. The average Bonchev–Trinajstić information content (AvgIpc) is 2.42. The van der Waals surface area contributed by atoms with Gasteiger partial charge in [-0.15, -0.1) is 0 Å². The van der Waals surface area contributed by atoms with Crippen LogP contribution in [0, 0.1) is 6.92 Å². The van der Waals surface area contributed by atoms with E-state index in [1.807, 2.05) is 31.2 Å². The minimum Gasteiger partial charge on any atom is -0.497 e. The molecule has 0 aliphatic carbocycles. The van der Waals surface area contributed by atoms with Gasteiger partial charge < -0.3 is 9.47 Å². The van der Waals surface area contributed by atoms with E-state index in [0.717, 1.165) is 29.1 Å². The van der Waals surface area contributed by atoms with Crippen LogP contribution in [-0.4, -0.2) is 13.4 Å². The zero-order valence-electron chi connectivity index (χ0n) is 10.3. The lowest BCUT2D eigenvalue weighted by molar-refractivity contribution is 0.112. The molecule has 0 aliphatic rings. The summed E-state index contributed by atoms with van der Waals surface area (Å²) in [5.74, 6) is 2.26. The third-order valence-corrected chi connectivity index (χ3v) is 2.62. The van der Waals surface area contributed by atoms with Crippen LogP contribution >= 0.6 is 0 Å². The van der Waals surface area contributed by atoms with Gasteiger partial charge in [0.1, 0.15) is 23.5 Å². The Labute approximate surface area is 106 Å². The fraction of sp³-hybridized carbons (Fsp3) is 0.133. The summed E-state index contributed by atoms with van der Waals surface area (Å²) in [4.78, 5) is 10.6. The van der Waals surface area contributed by atoms with Gasteiger partial charge >= 0.3 is 0 Å². The standard InChI is InChI=1S/C15H14O3/c1-11-9-12(10-16)3-8-15(11)18-14-6-4-13(17-2)5-7-14/h3-10H,1-2H3. The Morgan fingerprint density at radius 3 is 2.22 bits per heavy atom. The predicted molar refractivity (Wildman–Crippen MR) is 69.6 cm³/mol. The van der Waals surface area contributed by atoms with Crippen LogP contribution in [0.15, 0.2) is 42.5 Å². The molecule has 0 amide bonds. The normalized spacial score (nSPS) is 9.89. The highest BCUT2D eigenvalue weighted by atomic mass is 16.5. The van der Waals surface area contributed by atoms with Crippen molar-refractivity contribution < 1.29 is 14.3 Å². The topological polar surface area (TPSA) is 35.5 Å². The molecule has 0 radical (unpaired) electrons. The predicted octanol–water partition coefficient (Wildman–Crippen LogP) is 3.61. The number of aryl methyl sites for hydroxylation is 1. The second kappa shape index (κ2) is 5.36. The van der Waals surface area contributed by atoms with Crippen molar-refractivity contribution in [1.82, 2.24) is 0 Å². The van der Waals surface area contributed by atoms with Crippen LogP contribution in [-0.2, 0) is 0 Å². The molecule has 3 nitrogen and oxygen atoms in total. The highest BCUT2D eigenvalue weighted by Gasteiger charge is 2.03. The maximum atomic E-state index is 10.6. The fourth-order valence-electron chi connectivity index (χ4n) is 1.63. The summed E-state index contributed by atoms with van der Waals surface area (Å²) in [6.07, 6.45) is 0.824. The molecule has 0 aliphatic heterocycles. The molecule has 18 heavy (non-hydrogen) atoms. The van der Waals surface area contributed by atoms with Crippen LogP contribution in [0.1, 0.15) is 15.9 Å². The third-order valence-electron chi connectivity index (χ3n) is 2.62. The highest BCUT2D eigenvalue weighted by molar-refractivity contribution is 5.75. The highest BCUT2D eigenvalue weighted by Crippen LogP contribution is 2.26. The van der Waals surface area contributed by atoms with Crippen molar-refractivity contribution in [3.8, 4) is 17.2 Å². The molecule has 0 unspecified atom stereocenters. The molecule has 3 heteroatoms. The molecule has 0 bridgehead atoms. The minimum absolute atomic E-state index is 0.648. The SMILES string of the molecule is COc1ccc(Oc2ccc(C=O)cc2C)cc1. The Kier molecular flexibility index (Phi) is 3.63. The van der Waals surface area contributed by atoms with Gasteiger partial charge in [-0.3, -0.25) is 4.79 Å². The summed E-state index contributed by atoms with van der Waals surface area (Å²) in [5.41, 5.74) is 1.57. The van der Waals surface area contributed by atoms with Crippen molar-refractivity contribution in [2.75, 3.05) is 7.11 Å². The molecule has 0 spiro atoms. The number of ether oxygens (including phenoxy) is 2. The number of methoxy groups -OCH3 is 1. The van der Waals surface area contributed by atoms with Gasteiger partial charge in [-0.25, -0.2) is 0 Å². The number of carbonyl (C=O) groups excluding carboxylic acids is 1. The lowest BCUT2D eigenvalue weighted by Crippen LogP contribution is -1.90. The molecule has 0 heterocycles. The number of aldehydes is 1. The molecule has 0 atom stereocenters. The molecule has 0 fully saturated rings. The number of benzene rings is 2. The molecule has 0 saturated carbocycles. The van der Waals surface area contributed by atoms with E-state index in [1.165, 1.54) is 0 Å². The van der Waals surface area contributed by atoms with Crippen molar-refractivity contribution in [3.63, 3.8) is 0 Å². The maximum Gasteiger partial charge on any atom is 0.150 e. The van der Waals surface area contributed by atoms with Crippen LogP contribution in [0.3, 0.4) is 0 Å². The van der Waals surface area contributed by atoms with Gasteiger partial charge in [-0.2, -0.15) is 0 Å². The molecule has 0 N–H and O–H groups in total. The first-order valence-electron chi connectivity index (χ1n) is 5.60. The van der Waals surface area contributed by atoms with Gasteiger partial charge in [0.2, 0.25) is 0 Å². The first-order chi connectivity index (χ1) is 8.72. The van der Waals surface area contributed by atoms with E-state index in [9.17, 15) is 4.79 Å². The molecule has 2 aromatic carbocycles. The molecular weight excluding hydrogens is 228 g/mol. The van der Waals surface area contributed by atoms with E-state index in [1.54, 1.807) is 25.3 Å². The number of hydrogen-bond acceptors (Lipinski definition) is 3. The summed E-state index contributed by atoms with van der Waals surface area (Å²) in [5, 5.41) is 0. The minimum atomic E-state index is 0.648. The van der Waals surface area contributed by atoms with Crippen LogP contribution in [0.4, 0.5) is 0 Å². The number of carbonyl (C=O) groups is 1. The third kappa shape index (κ3) is 2.69. The first kappa shape index (κ1) is 12.2. The molecule has 0 saturated heterocycles. The molecule has 0 aromatic heterocycles. The molecule has 92 valence electrons. The smallest absolute Gasteiger partial charge is 0.150 e. The summed E-state index contributed by atoms with van der Waals surface area (Å²) >= 11 is 0. The Bertz CT molecular complexity index is 544. The Balaban J connectivity index is 2.19. The summed E-state index contributed by atoms with van der Waals surface area (Å²) < 4.78 is 10.8. The van der Waals surface area contributed by atoms with Crippen molar-refractivity contribution in [3.05, 3.63) is 53.6 Å².